The monoisotopic (exact) mass is 244 g/mol. The molecule has 0 amide bonds. The number of nitrogens with one attached hydrogen (secondary N) is 1. The zero-order valence-corrected chi connectivity index (χ0v) is 11.1. The van der Waals surface area contributed by atoms with E-state index in [0.717, 1.165) is 26.2 Å². The Morgan fingerprint density at radius 2 is 2.22 bits per heavy atom. The second kappa shape index (κ2) is 4.75. The molecular formula is C15H20N2O. The summed E-state index contributed by atoms with van der Waals surface area (Å²) in [5, 5.41) is 4.96. The fourth-order valence-corrected chi connectivity index (χ4v) is 2.82. The molecule has 1 atom stereocenters. The lowest BCUT2D eigenvalue weighted by Gasteiger charge is -2.12. The third-order valence-corrected chi connectivity index (χ3v) is 4.00. The molecule has 2 heterocycles. The smallest absolute Gasteiger partial charge is 0.0620 e. The maximum absolute atomic E-state index is 5.40. The first-order valence-electron chi connectivity index (χ1n) is 6.61. The van der Waals surface area contributed by atoms with Gasteiger partial charge in [-0.25, -0.2) is 0 Å². The highest BCUT2D eigenvalue weighted by molar-refractivity contribution is 5.85. The van der Waals surface area contributed by atoms with Gasteiger partial charge in [-0.2, -0.15) is 0 Å². The number of nitrogens with zero attached hydrogens (tertiary/aromatic N) is 1. The van der Waals surface area contributed by atoms with Gasteiger partial charge in [0, 0.05) is 42.8 Å². The predicted octanol–water partition coefficient (Wildman–Crippen LogP) is 2.37. The van der Waals surface area contributed by atoms with Gasteiger partial charge in [0.1, 0.15) is 0 Å². The molecule has 1 aliphatic heterocycles. The average Bonchev–Trinajstić information content (AvgIpc) is 2.98. The van der Waals surface area contributed by atoms with Crippen molar-refractivity contribution in [1.82, 2.24) is 9.88 Å². The van der Waals surface area contributed by atoms with E-state index in [-0.39, 0.29) is 0 Å². The minimum atomic E-state index is 0.516. The van der Waals surface area contributed by atoms with Crippen LogP contribution in [0.5, 0.6) is 0 Å². The summed E-state index contributed by atoms with van der Waals surface area (Å²) < 4.78 is 7.69. The van der Waals surface area contributed by atoms with Crippen LogP contribution >= 0.6 is 0 Å². The lowest BCUT2D eigenvalue weighted by molar-refractivity contribution is 0.189. The fraction of sp³-hybridized carbons (Fsp3) is 0.467. The second-order valence-corrected chi connectivity index (χ2v) is 5.09. The van der Waals surface area contributed by atoms with Crippen LogP contribution in [0.3, 0.4) is 0 Å². The highest BCUT2D eigenvalue weighted by Crippen LogP contribution is 2.24. The van der Waals surface area contributed by atoms with Crippen LogP contribution in [0.1, 0.15) is 17.7 Å². The summed E-state index contributed by atoms with van der Waals surface area (Å²) in [5.41, 5.74) is 4.08. The van der Waals surface area contributed by atoms with E-state index in [4.69, 9.17) is 4.74 Å². The minimum Gasteiger partial charge on any atom is -0.380 e. The number of benzene rings is 1. The third-order valence-electron chi connectivity index (χ3n) is 4.00. The molecule has 1 N–H and O–H groups in total. The molecule has 1 aromatic heterocycles. The summed E-state index contributed by atoms with van der Waals surface area (Å²) in [7, 11) is 2.15. The maximum atomic E-state index is 5.40. The Balaban J connectivity index is 1.86. The SMILES string of the molecule is Cc1c(CNC2CCOC2)n(C)c2ccccc12. The first-order chi connectivity index (χ1) is 8.77. The van der Waals surface area contributed by atoms with Crippen LogP contribution in [-0.4, -0.2) is 23.8 Å². The normalized spacial score (nSPS) is 19.8. The number of aryl methyl sites for hydroxylation is 2. The molecule has 96 valence electrons. The van der Waals surface area contributed by atoms with Crippen molar-refractivity contribution in [3.63, 3.8) is 0 Å². The van der Waals surface area contributed by atoms with Crippen molar-refractivity contribution in [3.8, 4) is 0 Å². The Labute approximate surface area is 108 Å². The first-order valence-corrected chi connectivity index (χ1v) is 6.61. The highest BCUT2D eigenvalue weighted by atomic mass is 16.5. The summed E-state index contributed by atoms with van der Waals surface area (Å²) in [6.45, 7) is 4.88. The highest BCUT2D eigenvalue weighted by Gasteiger charge is 2.17. The van der Waals surface area contributed by atoms with Gasteiger partial charge in [0.05, 0.1) is 6.61 Å². The number of fused-ring (bicyclic) bond motifs is 1. The first kappa shape index (κ1) is 11.8. The van der Waals surface area contributed by atoms with Crippen molar-refractivity contribution in [1.29, 1.82) is 0 Å². The molecule has 1 saturated heterocycles. The summed E-state index contributed by atoms with van der Waals surface area (Å²) in [4.78, 5) is 0. The number of rotatable bonds is 3. The number of hydrogen-bond donors (Lipinski definition) is 1. The molecule has 1 aromatic carbocycles. The van der Waals surface area contributed by atoms with Crippen molar-refractivity contribution < 1.29 is 4.74 Å². The molecule has 0 bridgehead atoms. The van der Waals surface area contributed by atoms with E-state index in [2.05, 4.69) is 48.1 Å². The Bertz CT molecular complexity index is 514. The Morgan fingerprint density at radius 1 is 1.39 bits per heavy atom. The molecule has 0 spiro atoms. The van der Waals surface area contributed by atoms with Gasteiger partial charge in [-0.3, -0.25) is 0 Å². The van der Waals surface area contributed by atoms with Gasteiger partial charge < -0.3 is 14.6 Å². The molecule has 3 rings (SSSR count). The minimum absolute atomic E-state index is 0.516. The largest absolute Gasteiger partial charge is 0.380 e. The van der Waals surface area contributed by atoms with Gasteiger partial charge in [0.15, 0.2) is 0 Å². The maximum Gasteiger partial charge on any atom is 0.0620 e. The third kappa shape index (κ3) is 1.93. The molecular weight excluding hydrogens is 224 g/mol. The van der Waals surface area contributed by atoms with Gasteiger partial charge >= 0.3 is 0 Å². The molecule has 1 aliphatic rings. The number of aromatic nitrogens is 1. The van der Waals surface area contributed by atoms with E-state index in [1.54, 1.807) is 0 Å². The molecule has 1 fully saturated rings. The van der Waals surface area contributed by atoms with Crippen molar-refractivity contribution in [2.45, 2.75) is 25.9 Å². The van der Waals surface area contributed by atoms with Crippen LogP contribution in [0.15, 0.2) is 24.3 Å². The van der Waals surface area contributed by atoms with Crippen LogP contribution < -0.4 is 5.32 Å². The zero-order valence-electron chi connectivity index (χ0n) is 11.1. The summed E-state index contributed by atoms with van der Waals surface area (Å²) >= 11 is 0. The van der Waals surface area contributed by atoms with Crippen LogP contribution in [0.25, 0.3) is 10.9 Å². The van der Waals surface area contributed by atoms with Crippen LogP contribution in [0.4, 0.5) is 0 Å². The summed E-state index contributed by atoms with van der Waals surface area (Å²) in [5.74, 6) is 0. The van der Waals surface area contributed by atoms with Crippen molar-refractivity contribution >= 4 is 10.9 Å². The van der Waals surface area contributed by atoms with Gasteiger partial charge in [-0.05, 0) is 25.0 Å². The Kier molecular flexibility index (Phi) is 3.10. The van der Waals surface area contributed by atoms with Gasteiger partial charge in [0.2, 0.25) is 0 Å². The fourth-order valence-electron chi connectivity index (χ4n) is 2.82. The average molecular weight is 244 g/mol. The summed E-state index contributed by atoms with van der Waals surface area (Å²) in [6.07, 6.45) is 1.13. The molecule has 0 radical (unpaired) electrons. The molecule has 3 heteroatoms. The molecule has 0 saturated carbocycles. The second-order valence-electron chi connectivity index (χ2n) is 5.09. The lowest BCUT2D eigenvalue weighted by atomic mass is 10.1. The van der Waals surface area contributed by atoms with E-state index in [1.165, 1.54) is 22.2 Å². The number of ether oxygens (including phenoxy) is 1. The predicted molar refractivity (Wildman–Crippen MR) is 73.7 cm³/mol. The number of para-hydroxylation sites is 1. The van der Waals surface area contributed by atoms with E-state index < -0.39 is 0 Å². The lowest BCUT2D eigenvalue weighted by Crippen LogP contribution is -2.29. The topological polar surface area (TPSA) is 26.2 Å². The Hall–Kier alpha value is -1.32. The van der Waals surface area contributed by atoms with Gasteiger partial charge in [0.25, 0.3) is 0 Å². The van der Waals surface area contributed by atoms with Crippen LogP contribution in [0.2, 0.25) is 0 Å². The van der Waals surface area contributed by atoms with Crippen LogP contribution in [-0.2, 0) is 18.3 Å². The zero-order chi connectivity index (χ0) is 12.5. The van der Waals surface area contributed by atoms with E-state index in [1.807, 2.05) is 0 Å². The Morgan fingerprint density at radius 3 is 2.94 bits per heavy atom. The molecule has 0 aliphatic carbocycles. The van der Waals surface area contributed by atoms with E-state index in [9.17, 15) is 0 Å². The van der Waals surface area contributed by atoms with Crippen molar-refractivity contribution in [3.05, 3.63) is 35.5 Å². The van der Waals surface area contributed by atoms with Crippen LogP contribution in [0, 0.1) is 6.92 Å². The summed E-state index contributed by atoms with van der Waals surface area (Å²) in [6, 6.07) is 9.11. The molecule has 1 unspecified atom stereocenters. The number of hydrogen-bond acceptors (Lipinski definition) is 2. The van der Waals surface area contributed by atoms with Crippen molar-refractivity contribution in [2.24, 2.45) is 7.05 Å². The standard InChI is InChI=1S/C15H20N2O/c1-11-13-5-3-4-6-14(13)17(2)15(11)9-16-12-7-8-18-10-12/h3-6,12,16H,7-10H2,1-2H3. The van der Waals surface area contributed by atoms with Gasteiger partial charge in [-0.15, -0.1) is 0 Å². The molecule has 3 nitrogen and oxygen atoms in total. The molecule has 2 aromatic rings. The van der Waals surface area contributed by atoms with E-state index in [0.29, 0.717) is 6.04 Å². The van der Waals surface area contributed by atoms with Gasteiger partial charge in [-0.1, -0.05) is 18.2 Å². The quantitative estimate of drug-likeness (QED) is 0.897. The molecule has 18 heavy (non-hydrogen) atoms. The van der Waals surface area contributed by atoms with E-state index >= 15 is 0 Å². The van der Waals surface area contributed by atoms with Crippen molar-refractivity contribution in [2.75, 3.05) is 13.2 Å².